The first-order chi connectivity index (χ1) is 12.5. The van der Waals surface area contributed by atoms with Crippen molar-refractivity contribution in [2.75, 3.05) is 26.2 Å². The number of piperidine rings is 1. The normalized spacial score (nSPS) is 19.5. The Morgan fingerprint density at radius 1 is 1.30 bits per heavy atom. The van der Waals surface area contributed by atoms with Crippen molar-refractivity contribution in [2.45, 2.75) is 72.4 Å². The van der Waals surface area contributed by atoms with Crippen LogP contribution in [-0.4, -0.2) is 58.9 Å². The molecule has 0 bridgehead atoms. The van der Waals surface area contributed by atoms with Crippen LogP contribution in [-0.2, 0) is 13.5 Å². The molecule has 156 valence electrons. The number of likely N-dealkylation sites (N-methyl/N-ethyl adjacent to an activating group) is 1. The van der Waals surface area contributed by atoms with Crippen molar-refractivity contribution in [3.05, 3.63) is 17.0 Å². The van der Waals surface area contributed by atoms with Crippen molar-refractivity contribution in [1.29, 1.82) is 0 Å². The average Bonchev–Trinajstić information content (AvgIpc) is 2.86. The number of likely N-dealkylation sites (tertiary alicyclic amines) is 1. The Labute approximate surface area is 182 Å². The van der Waals surface area contributed by atoms with Crippen molar-refractivity contribution in [1.82, 2.24) is 25.3 Å². The van der Waals surface area contributed by atoms with Crippen LogP contribution < -0.4 is 10.6 Å². The minimum atomic E-state index is 0. The molecule has 1 fully saturated rings. The maximum Gasteiger partial charge on any atom is 0.191 e. The number of aryl methyl sites for hydroxylation is 2. The zero-order chi connectivity index (χ0) is 19.1. The second-order valence-corrected chi connectivity index (χ2v) is 7.52. The summed E-state index contributed by atoms with van der Waals surface area (Å²) in [5, 5.41) is 11.5. The number of nitrogens with zero attached hydrogens (tertiary/aromatic N) is 4. The van der Waals surface area contributed by atoms with Gasteiger partial charge in [0.25, 0.3) is 0 Å². The molecule has 0 aliphatic carbocycles. The van der Waals surface area contributed by atoms with Gasteiger partial charge in [0, 0.05) is 31.4 Å². The van der Waals surface area contributed by atoms with Gasteiger partial charge in [-0.2, -0.15) is 5.10 Å². The fraction of sp³-hybridized carbons (Fsp3) is 0.800. The van der Waals surface area contributed by atoms with Gasteiger partial charge in [0.1, 0.15) is 0 Å². The quantitative estimate of drug-likeness (QED) is 0.351. The predicted molar refractivity (Wildman–Crippen MR) is 125 cm³/mol. The first kappa shape index (κ1) is 24.2. The summed E-state index contributed by atoms with van der Waals surface area (Å²) in [6.45, 7) is 14.9. The molecule has 2 atom stereocenters. The van der Waals surface area contributed by atoms with E-state index in [0.29, 0.717) is 12.1 Å². The number of aromatic nitrogens is 2. The number of hydrogen-bond donors (Lipinski definition) is 2. The Hall–Kier alpha value is -0.830. The van der Waals surface area contributed by atoms with E-state index in [-0.39, 0.29) is 24.0 Å². The maximum absolute atomic E-state index is 4.90. The summed E-state index contributed by atoms with van der Waals surface area (Å²) in [5.74, 6) is 0.931. The lowest BCUT2D eigenvalue weighted by Gasteiger charge is -2.34. The SMILES string of the molecule is CCNC(=NCC1CCCCN1CC)NC(C)Cc1c(C)nn(C)c1C.I. The number of nitrogens with one attached hydrogen (secondary N) is 2. The van der Waals surface area contributed by atoms with E-state index >= 15 is 0 Å². The third-order valence-electron chi connectivity index (χ3n) is 5.51. The summed E-state index contributed by atoms with van der Waals surface area (Å²) in [6, 6.07) is 0.894. The van der Waals surface area contributed by atoms with Crippen molar-refractivity contribution in [2.24, 2.45) is 12.0 Å². The molecule has 2 N–H and O–H groups in total. The summed E-state index contributed by atoms with van der Waals surface area (Å²) in [4.78, 5) is 7.47. The van der Waals surface area contributed by atoms with E-state index in [1.807, 2.05) is 11.7 Å². The minimum absolute atomic E-state index is 0. The third kappa shape index (κ3) is 6.93. The van der Waals surface area contributed by atoms with Crippen molar-refractivity contribution in [3.8, 4) is 0 Å². The van der Waals surface area contributed by atoms with Crippen LogP contribution in [0, 0.1) is 13.8 Å². The highest BCUT2D eigenvalue weighted by molar-refractivity contribution is 14.0. The Bertz CT molecular complexity index is 598. The van der Waals surface area contributed by atoms with Crippen LogP contribution in [0.3, 0.4) is 0 Å². The summed E-state index contributed by atoms with van der Waals surface area (Å²) in [6.07, 6.45) is 4.88. The lowest BCUT2D eigenvalue weighted by Crippen LogP contribution is -2.45. The van der Waals surface area contributed by atoms with Gasteiger partial charge in [-0.15, -0.1) is 24.0 Å². The topological polar surface area (TPSA) is 57.5 Å². The third-order valence-corrected chi connectivity index (χ3v) is 5.51. The molecule has 2 heterocycles. The molecular formula is C20H39IN6. The predicted octanol–water partition coefficient (Wildman–Crippen LogP) is 3.02. The summed E-state index contributed by atoms with van der Waals surface area (Å²) < 4.78 is 1.97. The summed E-state index contributed by atoms with van der Waals surface area (Å²) in [5.41, 5.74) is 3.72. The Morgan fingerprint density at radius 2 is 2.04 bits per heavy atom. The zero-order valence-electron chi connectivity index (χ0n) is 18.0. The highest BCUT2D eigenvalue weighted by Crippen LogP contribution is 2.17. The van der Waals surface area contributed by atoms with Gasteiger partial charge in [0.2, 0.25) is 0 Å². The molecule has 0 aromatic carbocycles. The van der Waals surface area contributed by atoms with Gasteiger partial charge < -0.3 is 10.6 Å². The molecule has 7 heteroatoms. The number of halogens is 1. The summed E-state index contributed by atoms with van der Waals surface area (Å²) >= 11 is 0. The van der Waals surface area contributed by atoms with Crippen molar-refractivity contribution < 1.29 is 0 Å². The highest BCUT2D eigenvalue weighted by atomic mass is 127. The monoisotopic (exact) mass is 490 g/mol. The number of hydrogen-bond acceptors (Lipinski definition) is 3. The van der Waals surface area contributed by atoms with Crippen LogP contribution in [0.4, 0.5) is 0 Å². The molecule has 1 aromatic rings. The molecule has 27 heavy (non-hydrogen) atoms. The van der Waals surface area contributed by atoms with Crippen LogP contribution in [0.25, 0.3) is 0 Å². The van der Waals surface area contributed by atoms with Gasteiger partial charge in [-0.05, 0) is 65.6 Å². The number of guanidine groups is 1. The smallest absolute Gasteiger partial charge is 0.191 e. The Morgan fingerprint density at radius 3 is 2.63 bits per heavy atom. The maximum atomic E-state index is 4.90. The zero-order valence-corrected chi connectivity index (χ0v) is 20.3. The Kier molecular flexibility index (Phi) is 10.7. The first-order valence-electron chi connectivity index (χ1n) is 10.2. The standard InChI is InChI=1S/C20H38N6.HI/c1-7-21-20(22-14-18-11-9-10-12-26(18)8-2)23-15(3)13-19-16(4)24-25(6)17(19)5;/h15,18H,7-14H2,1-6H3,(H2,21,22,23);1H. The summed E-state index contributed by atoms with van der Waals surface area (Å²) in [7, 11) is 2.01. The van der Waals surface area contributed by atoms with E-state index in [1.165, 1.54) is 37.1 Å². The van der Waals surface area contributed by atoms with Crippen LogP contribution in [0.2, 0.25) is 0 Å². The van der Waals surface area contributed by atoms with Crippen LogP contribution in [0.1, 0.15) is 57.0 Å². The lowest BCUT2D eigenvalue weighted by molar-refractivity contribution is 0.161. The number of rotatable bonds is 7. The first-order valence-corrected chi connectivity index (χ1v) is 10.2. The van der Waals surface area contributed by atoms with Gasteiger partial charge >= 0.3 is 0 Å². The highest BCUT2D eigenvalue weighted by Gasteiger charge is 2.21. The van der Waals surface area contributed by atoms with Crippen LogP contribution in [0.15, 0.2) is 4.99 Å². The fourth-order valence-corrected chi connectivity index (χ4v) is 3.90. The largest absolute Gasteiger partial charge is 0.357 e. The number of aliphatic imine (C=N–C) groups is 1. The fourth-order valence-electron chi connectivity index (χ4n) is 3.90. The average molecular weight is 490 g/mol. The van der Waals surface area contributed by atoms with E-state index in [9.17, 15) is 0 Å². The molecule has 1 aliphatic heterocycles. The van der Waals surface area contributed by atoms with E-state index in [1.54, 1.807) is 0 Å². The molecule has 1 saturated heterocycles. The minimum Gasteiger partial charge on any atom is -0.357 e. The van der Waals surface area contributed by atoms with Gasteiger partial charge in [0.05, 0.1) is 12.2 Å². The van der Waals surface area contributed by atoms with Gasteiger partial charge in [-0.1, -0.05) is 13.3 Å². The molecule has 2 rings (SSSR count). The molecule has 0 saturated carbocycles. The second kappa shape index (κ2) is 11.9. The van der Waals surface area contributed by atoms with Crippen molar-refractivity contribution >= 4 is 29.9 Å². The second-order valence-electron chi connectivity index (χ2n) is 7.52. The van der Waals surface area contributed by atoms with Gasteiger partial charge in [0.15, 0.2) is 5.96 Å². The van der Waals surface area contributed by atoms with E-state index in [4.69, 9.17) is 4.99 Å². The molecule has 1 aliphatic rings. The molecule has 0 spiro atoms. The van der Waals surface area contributed by atoms with Crippen LogP contribution >= 0.6 is 24.0 Å². The van der Waals surface area contributed by atoms with Gasteiger partial charge in [-0.25, -0.2) is 0 Å². The molecular weight excluding hydrogens is 451 g/mol. The van der Waals surface area contributed by atoms with Crippen molar-refractivity contribution in [3.63, 3.8) is 0 Å². The molecule has 0 radical (unpaired) electrons. The lowest BCUT2D eigenvalue weighted by atomic mass is 10.0. The van der Waals surface area contributed by atoms with E-state index in [0.717, 1.165) is 37.7 Å². The Balaban J connectivity index is 0.00000364. The van der Waals surface area contributed by atoms with Gasteiger partial charge in [-0.3, -0.25) is 14.6 Å². The molecule has 1 aromatic heterocycles. The van der Waals surface area contributed by atoms with E-state index in [2.05, 4.69) is 55.3 Å². The van der Waals surface area contributed by atoms with E-state index < -0.39 is 0 Å². The van der Waals surface area contributed by atoms with Crippen LogP contribution in [0.5, 0.6) is 0 Å². The molecule has 6 nitrogen and oxygen atoms in total. The molecule has 0 amide bonds. The molecule has 2 unspecified atom stereocenters.